The molecule has 1 saturated carbocycles. The second-order valence-corrected chi connectivity index (χ2v) is 6.22. The number of carbonyl (C=O) groups is 1. The van der Waals surface area contributed by atoms with Crippen molar-refractivity contribution in [3.8, 4) is 0 Å². The first-order valence-corrected chi connectivity index (χ1v) is 7.77. The molecule has 3 rings (SSSR count). The van der Waals surface area contributed by atoms with Gasteiger partial charge in [0.1, 0.15) is 6.17 Å². The van der Waals surface area contributed by atoms with Gasteiger partial charge in [0.2, 0.25) is 5.91 Å². The van der Waals surface area contributed by atoms with Crippen molar-refractivity contribution in [2.75, 3.05) is 0 Å². The van der Waals surface area contributed by atoms with Gasteiger partial charge in [-0.25, -0.2) is 0 Å². The van der Waals surface area contributed by atoms with Crippen LogP contribution in [0.1, 0.15) is 55.5 Å². The van der Waals surface area contributed by atoms with Gasteiger partial charge in [-0.1, -0.05) is 30.7 Å². The minimum absolute atomic E-state index is 0.0127. The number of nitrogens with zero attached hydrogens (tertiary/aromatic N) is 1. The second-order valence-electron chi connectivity index (χ2n) is 6.22. The van der Waals surface area contributed by atoms with Gasteiger partial charge in [0.05, 0.1) is 6.04 Å². The minimum atomic E-state index is -0.0127. The van der Waals surface area contributed by atoms with E-state index in [1.54, 1.807) is 0 Å². The highest BCUT2D eigenvalue weighted by Gasteiger charge is 2.44. The molecule has 0 spiro atoms. The van der Waals surface area contributed by atoms with Gasteiger partial charge in [0, 0.05) is 6.04 Å². The molecule has 2 atom stereocenters. The van der Waals surface area contributed by atoms with E-state index in [2.05, 4.69) is 49.2 Å². The van der Waals surface area contributed by atoms with Crippen molar-refractivity contribution < 1.29 is 4.79 Å². The fourth-order valence-electron chi connectivity index (χ4n) is 3.37. The van der Waals surface area contributed by atoms with Crippen LogP contribution in [0.3, 0.4) is 0 Å². The van der Waals surface area contributed by atoms with Crippen molar-refractivity contribution in [2.45, 2.75) is 64.7 Å². The summed E-state index contributed by atoms with van der Waals surface area (Å²) in [6, 6.07) is 6.96. The zero-order valence-corrected chi connectivity index (χ0v) is 12.6. The molecule has 1 aromatic carbocycles. The molecular weight excluding hydrogens is 248 g/mol. The molecule has 108 valence electrons. The maximum absolute atomic E-state index is 12.6. The van der Waals surface area contributed by atoms with Crippen LogP contribution in [-0.4, -0.2) is 22.9 Å². The lowest BCUT2D eigenvalue weighted by Crippen LogP contribution is -2.44. The number of rotatable bonds is 3. The van der Waals surface area contributed by atoms with Gasteiger partial charge in [0.25, 0.3) is 0 Å². The molecule has 3 nitrogen and oxygen atoms in total. The number of hydrogen-bond acceptors (Lipinski definition) is 2. The standard InChI is InChI=1S/C17H24N2O/c1-4-15-17(20)19(13-6-5-7-13)16(18-15)14-9-8-11(2)10-12(14)3/h8-10,13,15-16,18H,4-7H2,1-3H3. The summed E-state index contributed by atoms with van der Waals surface area (Å²) in [5, 5.41) is 3.54. The second kappa shape index (κ2) is 5.21. The molecule has 3 heteroatoms. The Kier molecular flexibility index (Phi) is 3.55. The van der Waals surface area contributed by atoms with E-state index in [1.165, 1.54) is 23.1 Å². The van der Waals surface area contributed by atoms with Crippen LogP contribution in [0.25, 0.3) is 0 Å². The number of hydrogen-bond donors (Lipinski definition) is 1. The smallest absolute Gasteiger partial charge is 0.241 e. The molecule has 0 bridgehead atoms. The Labute approximate surface area is 121 Å². The molecule has 1 aliphatic heterocycles. The number of aryl methyl sites for hydroxylation is 2. The van der Waals surface area contributed by atoms with Crippen LogP contribution in [-0.2, 0) is 4.79 Å². The Bertz CT molecular complexity index is 522. The van der Waals surface area contributed by atoms with Crippen LogP contribution in [0.15, 0.2) is 18.2 Å². The third-order valence-electron chi connectivity index (χ3n) is 4.79. The summed E-state index contributed by atoms with van der Waals surface area (Å²) < 4.78 is 0. The maximum Gasteiger partial charge on any atom is 0.241 e. The van der Waals surface area contributed by atoms with Gasteiger partial charge in [-0.15, -0.1) is 0 Å². The SMILES string of the molecule is CCC1NC(c2ccc(C)cc2C)N(C2CCC2)C1=O. The summed E-state index contributed by atoms with van der Waals surface area (Å²) in [5.41, 5.74) is 3.81. The van der Waals surface area contributed by atoms with Crippen LogP contribution in [0.2, 0.25) is 0 Å². The molecule has 20 heavy (non-hydrogen) atoms. The van der Waals surface area contributed by atoms with E-state index >= 15 is 0 Å². The molecule has 0 radical (unpaired) electrons. The van der Waals surface area contributed by atoms with Crippen LogP contribution >= 0.6 is 0 Å². The van der Waals surface area contributed by atoms with Gasteiger partial charge in [-0.05, 0) is 50.7 Å². The van der Waals surface area contributed by atoms with Crippen LogP contribution in [0.4, 0.5) is 0 Å². The molecular formula is C17H24N2O. The van der Waals surface area contributed by atoms with E-state index in [-0.39, 0.29) is 12.2 Å². The first-order chi connectivity index (χ1) is 9.61. The maximum atomic E-state index is 12.6. The van der Waals surface area contributed by atoms with E-state index in [0.717, 1.165) is 19.3 Å². The van der Waals surface area contributed by atoms with Crippen LogP contribution < -0.4 is 5.32 Å². The zero-order valence-electron chi connectivity index (χ0n) is 12.6. The average molecular weight is 272 g/mol. The quantitative estimate of drug-likeness (QED) is 0.917. The summed E-state index contributed by atoms with van der Waals surface area (Å²) in [5.74, 6) is 0.294. The third-order valence-corrected chi connectivity index (χ3v) is 4.79. The van der Waals surface area contributed by atoms with Gasteiger partial charge >= 0.3 is 0 Å². The third kappa shape index (κ3) is 2.14. The van der Waals surface area contributed by atoms with Crippen LogP contribution in [0.5, 0.6) is 0 Å². The monoisotopic (exact) mass is 272 g/mol. The molecule has 1 amide bonds. The van der Waals surface area contributed by atoms with Gasteiger partial charge in [0.15, 0.2) is 0 Å². The van der Waals surface area contributed by atoms with Crippen LogP contribution in [0, 0.1) is 13.8 Å². The molecule has 1 aliphatic carbocycles. The summed E-state index contributed by atoms with van der Waals surface area (Å²) in [4.78, 5) is 14.7. The fraction of sp³-hybridized carbons (Fsp3) is 0.588. The Morgan fingerprint density at radius 1 is 1.30 bits per heavy atom. The van der Waals surface area contributed by atoms with E-state index in [4.69, 9.17) is 0 Å². The summed E-state index contributed by atoms with van der Waals surface area (Å²) in [6.07, 6.45) is 4.50. The Balaban J connectivity index is 1.94. The molecule has 1 saturated heterocycles. The summed E-state index contributed by atoms with van der Waals surface area (Å²) in [7, 11) is 0. The van der Waals surface area contributed by atoms with Crippen molar-refractivity contribution >= 4 is 5.91 Å². The number of benzene rings is 1. The first-order valence-electron chi connectivity index (χ1n) is 7.77. The minimum Gasteiger partial charge on any atom is -0.319 e. The fourth-order valence-corrected chi connectivity index (χ4v) is 3.37. The van der Waals surface area contributed by atoms with Crippen molar-refractivity contribution in [2.24, 2.45) is 0 Å². The van der Waals surface area contributed by atoms with Crippen molar-refractivity contribution in [3.05, 3.63) is 34.9 Å². The zero-order chi connectivity index (χ0) is 14.3. The number of amides is 1. The Morgan fingerprint density at radius 2 is 2.05 bits per heavy atom. The normalized spacial score (nSPS) is 26.9. The Hall–Kier alpha value is -1.35. The van der Waals surface area contributed by atoms with Gasteiger partial charge < -0.3 is 4.90 Å². The lowest BCUT2D eigenvalue weighted by atomic mass is 9.90. The predicted octanol–water partition coefficient (Wildman–Crippen LogP) is 3.06. The molecule has 1 N–H and O–H groups in total. The molecule has 2 unspecified atom stereocenters. The lowest BCUT2D eigenvalue weighted by molar-refractivity contribution is -0.134. The molecule has 0 aromatic heterocycles. The first kappa shape index (κ1) is 13.6. The highest BCUT2D eigenvalue weighted by atomic mass is 16.2. The lowest BCUT2D eigenvalue weighted by Gasteiger charge is -2.38. The van der Waals surface area contributed by atoms with Crippen molar-refractivity contribution in [1.82, 2.24) is 10.2 Å². The number of carbonyl (C=O) groups excluding carboxylic acids is 1. The highest BCUT2D eigenvalue weighted by molar-refractivity contribution is 5.85. The molecule has 2 aliphatic rings. The summed E-state index contributed by atoms with van der Waals surface area (Å²) in [6.45, 7) is 6.34. The number of nitrogens with one attached hydrogen (secondary N) is 1. The predicted molar refractivity (Wildman–Crippen MR) is 80.4 cm³/mol. The summed E-state index contributed by atoms with van der Waals surface area (Å²) >= 11 is 0. The largest absolute Gasteiger partial charge is 0.319 e. The highest BCUT2D eigenvalue weighted by Crippen LogP contribution is 2.36. The van der Waals surface area contributed by atoms with Gasteiger partial charge in [-0.2, -0.15) is 0 Å². The van der Waals surface area contributed by atoms with Crippen molar-refractivity contribution in [3.63, 3.8) is 0 Å². The molecule has 1 aromatic rings. The van der Waals surface area contributed by atoms with Gasteiger partial charge in [-0.3, -0.25) is 10.1 Å². The topological polar surface area (TPSA) is 32.3 Å². The van der Waals surface area contributed by atoms with E-state index in [1.807, 2.05) is 0 Å². The van der Waals surface area contributed by atoms with E-state index in [9.17, 15) is 4.79 Å². The van der Waals surface area contributed by atoms with Crippen molar-refractivity contribution in [1.29, 1.82) is 0 Å². The Morgan fingerprint density at radius 3 is 2.60 bits per heavy atom. The molecule has 2 fully saturated rings. The van der Waals surface area contributed by atoms with E-state index < -0.39 is 0 Å². The average Bonchev–Trinajstić information content (AvgIpc) is 2.66. The molecule has 1 heterocycles. The van der Waals surface area contributed by atoms with E-state index in [0.29, 0.717) is 11.9 Å².